The molecule has 2 atom stereocenters. The first-order valence-corrected chi connectivity index (χ1v) is 12.1. The molecular weight excluding hydrogens is 430 g/mol. The van der Waals surface area contributed by atoms with Gasteiger partial charge in [-0.05, 0) is 36.2 Å². The predicted octanol–water partition coefficient (Wildman–Crippen LogP) is 2.49. The van der Waals surface area contributed by atoms with Gasteiger partial charge in [-0.25, -0.2) is 8.42 Å². The lowest BCUT2D eigenvalue weighted by atomic mass is 9.97. The fourth-order valence-electron chi connectivity index (χ4n) is 3.41. The van der Waals surface area contributed by atoms with Crippen molar-refractivity contribution < 1.29 is 22.7 Å². The maximum Gasteiger partial charge on any atom is 0.251 e. The molecule has 1 aliphatic heterocycles. The number of carbonyl (C=O) groups excluding carboxylic acids is 2. The summed E-state index contributed by atoms with van der Waals surface area (Å²) in [4.78, 5) is 25.7. The minimum absolute atomic E-state index is 0.102. The summed E-state index contributed by atoms with van der Waals surface area (Å²) in [5.74, 6) is -0.859. The van der Waals surface area contributed by atoms with E-state index >= 15 is 0 Å². The first-order valence-electron chi connectivity index (χ1n) is 10.7. The molecule has 1 saturated heterocycles. The van der Waals surface area contributed by atoms with Crippen molar-refractivity contribution in [3.8, 4) is 0 Å². The quantitative estimate of drug-likeness (QED) is 0.631. The topological polar surface area (TPSA) is 105 Å². The van der Waals surface area contributed by atoms with Crippen LogP contribution in [0.5, 0.6) is 0 Å². The van der Waals surface area contributed by atoms with Crippen molar-refractivity contribution in [1.29, 1.82) is 0 Å². The average Bonchev–Trinajstić information content (AvgIpc) is 2.83. The highest BCUT2D eigenvalue weighted by atomic mass is 32.2. The second kappa shape index (κ2) is 10.7. The Morgan fingerprint density at radius 2 is 1.75 bits per heavy atom. The van der Waals surface area contributed by atoms with Gasteiger partial charge in [-0.15, -0.1) is 0 Å². The van der Waals surface area contributed by atoms with E-state index in [1.54, 1.807) is 36.4 Å². The van der Waals surface area contributed by atoms with E-state index in [0.717, 1.165) is 0 Å². The Balaban J connectivity index is 1.76. The van der Waals surface area contributed by atoms with Crippen molar-refractivity contribution in [3.05, 3.63) is 60.2 Å². The van der Waals surface area contributed by atoms with E-state index in [9.17, 15) is 18.0 Å². The fourth-order valence-corrected chi connectivity index (χ4v) is 4.86. The number of hydrogen-bond acceptors (Lipinski definition) is 5. The molecule has 172 valence electrons. The van der Waals surface area contributed by atoms with Crippen LogP contribution in [0.2, 0.25) is 0 Å². The van der Waals surface area contributed by atoms with Gasteiger partial charge in [0.25, 0.3) is 5.91 Å². The van der Waals surface area contributed by atoms with Crippen LogP contribution in [0.25, 0.3) is 0 Å². The molecule has 0 saturated carbocycles. The number of nitrogens with one attached hydrogen (secondary N) is 2. The molecule has 2 aromatic carbocycles. The summed E-state index contributed by atoms with van der Waals surface area (Å²) in [5.41, 5.74) is 0.818. The van der Waals surface area contributed by atoms with E-state index in [4.69, 9.17) is 4.74 Å². The van der Waals surface area contributed by atoms with Crippen LogP contribution in [0.15, 0.2) is 59.5 Å². The van der Waals surface area contributed by atoms with Crippen LogP contribution in [0.4, 0.5) is 5.69 Å². The number of nitrogens with zero attached hydrogens (tertiary/aromatic N) is 1. The van der Waals surface area contributed by atoms with Crippen molar-refractivity contribution in [3.63, 3.8) is 0 Å². The molecule has 0 spiro atoms. The van der Waals surface area contributed by atoms with Gasteiger partial charge in [0.2, 0.25) is 15.9 Å². The normalized spacial score (nSPS) is 16.7. The Bertz CT molecular complexity index is 1040. The molecule has 2 amide bonds. The number of morpholine rings is 1. The number of anilines is 1. The van der Waals surface area contributed by atoms with Crippen LogP contribution >= 0.6 is 0 Å². The minimum Gasteiger partial charge on any atom is -0.379 e. The summed E-state index contributed by atoms with van der Waals surface area (Å²) < 4.78 is 32.4. The Morgan fingerprint density at radius 3 is 2.41 bits per heavy atom. The summed E-state index contributed by atoms with van der Waals surface area (Å²) in [6, 6.07) is 14.1. The summed E-state index contributed by atoms with van der Waals surface area (Å²) in [5, 5.41) is 5.58. The van der Waals surface area contributed by atoms with E-state index in [1.807, 2.05) is 19.9 Å². The molecule has 32 heavy (non-hydrogen) atoms. The molecule has 0 aromatic heterocycles. The Labute approximate surface area is 189 Å². The molecule has 2 aromatic rings. The van der Waals surface area contributed by atoms with Crippen LogP contribution in [-0.2, 0) is 19.6 Å². The summed E-state index contributed by atoms with van der Waals surface area (Å²) >= 11 is 0. The minimum atomic E-state index is -3.68. The number of amides is 2. The third-order valence-electron chi connectivity index (χ3n) is 5.53. The molecule has 1 aliphatic rings. The molecule has 3 rings (SSSR count). The van der Waals surface area contributed by atoms with E-state index in [1.165, 1.54) is 16.4 Å². The molecule has 0 bridgehead atoms. The molecule has 1 heterocycles. The highest BCUT2D eigenvalue weighted by Gasteiger charge is 2.28. The molecule has 2 unspecified atom stereocenters. The standard InChI is InChI=1S/C23H29N3O5S/c1-3-17(2)21(25-22(27)18-8-5-4-6-9-18)23(28)24-19-10-7-11-20(16-19)32(29,30)26-12-14-31-15-13-26/h4-11,16-17,21H,3,12-15H2,1-2H3,(H,24,28)(H,25,27). The predicted molar refractivity (Wildman–Crippen MR) is 122 cm³/mol. The number of hydrogen-bond donors (Lipinski definition) is 2. The highest BCUT2D eigenvalue weighted by Crippen LogP contribution is 2.21. The molecule has 9 heteroatoms. The fraction of sp³-hybridized carbons (Fsp3) is 0.391. The van der Waals surface area contributed by atoms with Gasteiger partial charge in [-0.1, -0.05) is 44.5 Å². The zero-order chi connectivity index (χ0) is 23.1. The SMILES string of the molecule is CCC(C)C(NC(=O)c1ccccc1)C(=O)Nc1cccc(S(=O)(=O)N2CCOCC2)c1. The Kier molecular flexibility index (Phi) is 8.00. The van der Waals surface area contributed by atoms with Crippen molar-refractivity contribution in [2.24, 2.45) is 5.92 Å². The zero-order valence-electron chi connectivity index (χ0n) is 18.3. The molecule has 2 N–H and O–H groups in total. The van der Waals surface area contributed by atoms with Crippen molar-refractivity contribution in [2.75, 3.05) is 31.6 Å². The van der Waals surface area contributed by atoms with Crippen LogP contribution in [0.1, 0.15) is 30.6 Å². The number of sulfonamides is 1. The van der Waals surface area contributed by atoms with Gasteiger partial charge >= 0.3 is 0 Å². The van der Waals surface area contributed by atoms with Gasteiger partial charge in [0.05, 0.1) is 18.1 Å². The first-order chi connectivity index (χ1) is 15.3. The van der Waals surface area contributed by atoms with E-state index < -0.39 is 22.0 Å². The largest absolute Gasteiger partial charge is 0.379 e. The van der Waals surface area contributed by atoms with Crippen LogP contribution < -0.4 is 10.6 Å². The molecule has 0 radical (unpaired) electrons. The lowest BCUT2D eigenvalue weighted by Crippen LogP contribution is -2.47. The van der Waals surface area contributed by atoms with Gasteiger partial charge in [-0.3, -0.25) is 9.59 Å². The summed E-state index contributed by atoms with van der Waals surface area (Å²) in [6.45, 7) is 5.12. The number of rotatable bonds is 8. The maximum atomic E-state index is 13.0. The van der Waals surface area contributed by atoms with Gasteiger partial charge < -0.3 is 15.4 Å². The van der Waals surface area contributed by atoms with Crippen LogP contribution in [0.3, 0.4) is 0 Å². The lowest BCUT2D eigenvalue weighted by Gasteiger charge is -2.26. The number of carbonyl (C=O) groups is 2. The third kappa shape index (κ3) is 5.73. The zero-order valence-corrected chi connectivity index (χ0v) is 19.1. The van der Waals surface area contributed by atoms with Crippen molar-refractivity contribution >= 4 is 27.5 Å². The van der Waals surface area contributed by atoms with Crippen molar-refractivity contribution in [2.45, 2.75) is 31.2 Å². The summed E-state index contributed by atoms with van der Waals surface area (Å²) in [7, 11) is -3.68. The Morgan fingerprint density at radius 1 is 1.06 bits per heavy atom. The van der Waals surface area contributed by atoms with E-state index in [2.05, 4.69) is 10.6 Å². The molecule has 1 fully saturated rings. The number of benzene rings is 2. The van der Waals surface area contributed by atoms with Gasteiger partial charge in [0.15, 0.2) is 0 Å². The Hall–Kier alpha value is -2.75. The second-order valence-corrected chi connectivity index (χ2v) is 9.67. The van der Waals surface area contributed by atoms with E-state index in [0.29, 0.717) is 44.0 Å². The number of ether oxygens (including phenoxy) is 1. The van der Waals surface area contributed by atoms with E-state index in [-0.39, 0.29) is 16.7 Å². The van der Waals surface area contributed by atoms with Gasteiger partial charge in [0.1, 0.15) is 6.04 Å². The average molecular weight is 460 g/mol. The molecule has 0 aliphatic carbocycles. The molecular formula is C23H29N3O5S. The van der Waals surface area contributed by atoms with Gasteiger partial charge in [0, 0.05) is 24.3 Å². The van der Waals surface area contributed by atoms with Crippen LogP contribution in [0, 0.1) is 5.92 Å². The van der Waals surface area contributed by atoms with Crippen LogP contribution in [-0.4, -0.2) is 56.9 Å². The third-order valence-corrected chi connectivity index (χ3v) is 7.42. The highest BCUT2D eigenvalue weighted by molar-refractivity contribution is 7.89. The maximum absolute atomic E-state index is 13.0. The summed E-state index contributed by atoms with van der Waals surface area (Å²) in [6.07, 6.45) is 0.679. The van der Waals surface area contributed by atoms with Gasteiger partial charge in [-0.2, -0.15) is 4.31 Å². The first kappa shape index (κ1) is 23.9. The monoisotopic (exact) mass is 459 g/mol. The smallest absolute Gasteiger partial charge is 0.251 e. The lowest BCUT2D eigenvalue weighted by molar-refractivity contribution is -0.119. The second-order valence-electron chi connectivity index (χ2n) is 7.74. The molecule has 8 nitrogen and oxygen atoms in total. The van der Waals surface area contributed by atoms with Crippen molar-refractivity contribution in [1.82, 2.24) is 9.62 Å².